The smallest absolute Gasteiger partial charge is 0.245 e. The number of aryl methyl sites for hydroxylation is 1. The molecule has 4 heteroatoms. The third-order valence-corrected chi connectivity index (χ3v) is 3.20. The number of amides is 1. The van der Waals surface area contributed by atoms with Crippen molar-refractivity contribution in [1.82, 2.24) is 14.5 Å². The van der Waals surface area contributed by atoms with E-state index in [9.17, 15) is 4.79 Å². The van der Waals surface area contributed by atoms with Gasteiger partial charge in [-0.25, -0.2) is 4.98 Å². The lowest BCUT2D eigenvalue weighted by Gasteiger charge is -2.30. The van der Waals surface area contributed by atoms with E-state index in [4.69, 9.17) is 0 Å². The van der Waals surface area contributed by atoms with E-state index in [1.807, 2.05) is 24.3 Å². The molecule has 1 saturated heterocycles. The lowest BCUT2D eigenvalue weighted by Crippen LogP contribution is -2.37. The van der Waals surface area contributed by atoms with E-state index in [1.54, 1.807) is 0 Å². The molecule has 0 radical (unpaired) electrons. The van der Waals surface area contributed by atoms with Crippen LogP contribution in [0, 0.1) is 0 Å². The van der Waals surface area contributed by atoms with Crippen LogP contribution >= 0.6 is 0 Å². The topological polar surface area (TPSA) is 38.1 Å². The Labute approximate surface area is 95.6 Å². The van der Waals surface area contributed by atoms with Crippen LogP contribution in [0.1, 0.15) is 24.6 Å². The molecule has 0 spiro atoms. The van der Waals surface area contributed by atoms with Crippen LogP contribution in [-0.4, -0.2) is 33.4 Å². The summed E-state index contributed by atoms with van der Waals surface area (Å²) in [6.07, 6.45) is 7.17. The summed E-state index contributed by atoms with van der Waals surface area (Å²) in [7, 11) is 2.02. The number of likely N-dealkylation sites (tertiary alicyclic amines) is 1. The van der Waals surface area contributed by atoms with Crippen molar-refractivity contribution in [1.29, 1.82) is 0 Å². The third-order valence-electron chi connectivity index (χ3n) is 3.20. The number of carbonyl (C=O) groups is 1. The van der Waals surface area contributed by atoms with Gasteiger partial charge in [0.1, 0.15) is 5.82 Å². The van der Waals surface area contributed by atoms with E-state index in [0.717, 1.165) is 31.8 Å². The van der Waals surface area contributed by atoms with Crippen molar-refractivity contribution >= 4 is 5.91 Å². The molecule has 16 heavy (non-hydrogen) atoms. The number of nitrogens with zero attached hydrogens (tertiary/aromatic N) is 3. The first-order valence-electron chi connectivity index (χ1n) is 5.61. The highest BCUT2D eigenvalue weighted by molar-refractivity contribution is 5.87. The lowest BCUT2D eigenvalue weighted by molar-refractivity contribution is -0.127. The van der Waals surface area contributed by atoms with Crippen LogP contribution in [0.25, 0.3) is 0 Å². The van der Waals surface area contributed by atoms with Gasteiger partial charge in [0.25, 0.3) is 0 Å². The van der Waals surface area contributed by atoms with Crippen molar-refractivity contribution in [2.75, 3.05) is 13.1 Å². The molecule has 0 atom stereocenters. The average Bonchev–Trinajstić information content (AvgIpc) is 2.75. The molecule has 4 nitrogen and oxygen atoms in total. The molecule has 86 valence electrons. The maximum absolute atomic E-state index is 11.4. The zero-order valence-corrected chi connectivity index (χ0v) is 9.59. The molecule has 2 rings (SSSR count). The van der Waals surface area contributed by atoms with Crippen LogP contribution in [0.3, 0.4) is 0 Å². The number of aromatic nitrogens is 2. The van der Waals surface area contributed by atoms with Crippen LogP contribution in [-0.2, 0) is 11.8 Å². The fourth-order valence-electron chi connectivity index (χ4n) is 2.26. The second kappa shape index (κ2) is 4.51. The van der Waals surface area contributed by atoms with Gasteiger partial charge in [-0.1, -0.05) is 6.58 Å². The highest BCUT2D eigenvalue weighted by Gasteiger charge is 2.24. The molecule has 0 N–H and O–H groups in total. The molecule has 0 aliphatic carbocycles. The molecule has 1 aliphatic rings. The van der Waals surface area contributed by atoms with E-state index in [2.05, 4.69) is 16.1 Å². The maximum Gasteiger partial charge on any atom is 0.245 e. The monoisotopic (exact) mass is 219 g/mol. The highest BCUT2D eigenvalue weighted by Crippen LogP contribution is 2.26. The van der Waals surface area contributed by atoms with Gasteiger partial charge in [0.15, 0.2) is 0 Å². The van der Waals surface area contributed by atoms with Crippen molar-refractivity contribution in [2.45, 2.75) is 18.8 Å². The summed E-state index contributed by atoms with van der Waals surface area (Å²) in [4.78, 5) is 17.6. The second-order valence-corrected chi connectivity index (χ2v) is 4.20. The van der Waals surface area contributed by atoms with E-state index in [0.29, 0.717) is 5.92 Å². The van der Waals surface area contributed by atoms with Gasteiger partial charge in [0, 0.05) is 38.4 Å². The molecular formula is C12H17N3O. The molecule has 0 unspecified atom stereocenters. The van der Waals surface area contributed by atoms with Crippen molar-refractivity contribution in [3.63, 3.8) is 0 Å². The van der Waals surface area contributed by atoms with Crippen LogP contribution in [0.15, 0.2) is 25.0 Å². The number of carbonyl (C=O) groups excluding carboxylic acids is 1. The molecular weight excluding hydrogens is 202 g/mol. The first-order chi connectivity index (χ1) is 7.72. The molecule has 1 aliphatic heterocycles. The van der Waals surface area contributed by atoms with Crippen LogP contribution in [0.4, 0.5) is 0 Å². The van der Waals surface area contributed by atoms with Gasteiger partial charge in [0.2, 0.25) is 5.91 Å². The Hall–Kier alpha value is -1.58. The van der Waals surface area contributed by atoms with Crippen molar-refractivity contribution in [3.8, 4) is 0 Å². The van der Waals surface area contributed by atoms with Crippen LogP contribution in [0.5, 0.6) is 0 Å². The van der Waals surface area contributed by atoms with Crippen molar-refractivity contribution in [3.05, 3.63) is 30.9 Å². The first kappa shape index (κ1) is 10.9. The summed E-state index contributed by atoms with van der Waals surface area (Å²) in [5.41, 5.74) is 0. The summed E-state index contributed by atoms with van der Waals surface area (Å²) in [5, 5.41) is 0. The van der Waals surface area contributed by atoms with E-state index in [1.165, 1.54) is 6.08 Å². The van der Waals surface area contributed by atoms with Gasteiger partial charge in [-0.05, 0) is 18.9 Å². The zero-order valence-electron chi connectivity index (χ0n) is 9.59. The largest absolute Gasteiger partial charge is 0.339 e. The van der Waals surface area contributed by atoms with Gasteiger partial charge in [-0.3, -0.25) is 4.79 Å². The predicted octanol–water partition coefficient (Wildman–Crippen LogP) is 1.31. The zero-order chi connectivity index (χ0) is 11.5. The van der Waals surface area contributed by atoms with Gasteiger partial charge in [0.05, 0.1) is 0 Å². The Morgan fingerprint density at radius 1 is 1.56 bits per heavy atom. The van der Waals surface area contributed by atoms with E-state index >= 15 is 0 Å². The van der Waals surface area contributed by atoms with Gasteiger partial charge >= 0.3 is 0 Å². The minimum Gasteiger partial charge on any atom is -0.339 e. The number of rotatable bonds is 2. The summed E-state index contributed by atoms with van der Waals surface area (Å²) in [6.45, 7) is 5.13. The van der Waals surface area contributed by atoms with Crippen molar-refractivity contribution in [2.24, 2.45) is 7.05 Å². The Balaban J connectivity index is 1.98. The Morgan fingerprint density at radius 3 is 2.75 bits per heavy atom. The Kier molecular flexibility index (Phi) is 3.08. The standard InChI is InChI=1S/C12H17N3O/c1-3-11(16)15-7-4-10(5-8-15)12-13-6-9-14(12)2/h3,6,9-10H,1,4-5,7-8H2,2H3. The third kappa shape index (κ3) is 2.01. The number of hydrogen-bond donors (Lipinski definition) is 0. The molecule has 2 heterocycles. The van der Waals surface area contributed by atoms with E-state index in [-0.39, 0.29) is 5.91 Å². The first-order valence-corrected chi connectivity index (χ1v) is 5.61. The van der Waals surface area contributed by atoms with Crippen molar-refractivity contribution < 1.29 is 4.79 Å². The lowest BCUT2D eigenvalue weighted by atomic mass is 9.96. The predicted molar refractivity (Wildman–Crippen MR) is 62.0 cm³/mol. The van der Waals surface area contributed by atoms with Gasteiger partial charge < -0.3 is 9.47 Å². The molecule has 0 bridgehead atoms. The maximum atomic E-state index is 11.4. The van der Waals surface area contributed by atoms with Crippen LogP contribution in [0.2, 0.25) is 0 Å². The Morgan fingerprint density at radius 2 is 2.25 bits per heavy atom. The number of piperidine rings is 1. The second-order valence-electron chi connectivity index (χ2n) is 4.20. The SMILES string of the molecule is C=CC(=O)N1CCC(c2nccn2C)CC1. The van der Waals surface area contributed by atoms with E-state index < -0.39 is 0 Å². The summed E-state index contributed by atoms with van der Waals surface area (Å²) in [5.74, 6) is 1.65. The minimum absolute atomic E-state index is 0.0401. The van der Waals surface area contributed by atoms with Gasteiger partial charge in [-0.2, -0.15) is 0 Å². The molecule has 0 saturated carbocycles. The summed E-state index contributed by atoms with van der Waals surface area (Å²) < 4.78 is 2.07. The molecule has 1 aromatic heterocycles. The van der Waals surface area contributed by atoms with Crippen LogP contribution < -0.4 is 0 Å². The molecule has 0 aromatic carbocycles. The molecule has 1 amide bonds. The summed E-state index contributed by atoms with van der Waals surface area (Å²) in [6, 6.07) is 0. The molecule has 1 aromatic rings. The quantitative estimate of drug-likeness (QED) is 0.703. The normalized spacial score (nSPS) is 17.4. The molecule has 1 fully saturated rings. The number of hydrogen-bond acceptors (Lipinski definition) is 2. The minimum atomic E-state index is 0.0401. The Bertz CT molecular complexity index is 389. The summed E-state index contributed by atoms with van der Waals surface area (Å²) >= 11 is 0. The van der Waals surface area contributed by atoms with Gasteiger partial charge in [-0.15, -0.1) is 0 Å². The fourth-order valence-corrected chi connectivity index (χ4v) is 2.26. The number of imidazole rings is 1. The fraction of sp³-hybridized carbons (Fsp3) is 0.500. The highest BCUT2D eigenvalue weighted by atomic mass is 16.2. The average molecular weight is 219 g/mol.